The third-order valence-electron chi connectivity index (χ3n) is 4.48. The number of hydrogen-bond donors (Lipinski definition) is 2. The monoisotopic (exact) mass is 269 g/mol. The quantitative estimate of drug-likeness (QED) is 0.802. The van der Waals surface area contributed by atoms with Crippen molar-refractivity contribution in [2.45, 2.75) is 76.5 Å². The van der Waals surface area contributed by atoms with Crippen molar-refractivity contribution in [2.24, 2.45) is 5.92 Å². The molecule has 2 unspecified atom stereocenters. The van der Waals surface area contributed by atoms with Gasteiger partial charge in [0.1, 0.15) is 0 Å². The summed E-state index contributed by atoms with van der Waals surface area (Å²) in [6.45, 7) is 2.39. The van der Waals surface area contributed by atoms with Crippen LogP contribution in [0.5, 0.6) is 0 Å². The second-order valence-corrected chi connectivity index (χ2v) is 6.15. The van der Waals surface area contributed by atoms with E-state index in [-0.39, 0.29) is 18.6 Å². The summed E-state index contributed by atoms with van der Waals surface area (Å²) >= 11 is 0. The maximum atomic E-state index is 11.9. The van der Waals surface area contributed by atoms with Gasteiger partial charge < -0.3 is 15.2 Å². The van der Waals surface area contributed by atoms with Gasteiger partial charge in [0, 0.05) is 19.1 Å². The van der Waals surface area contributed by atoms with Gasteiger partial charge in [0.2, 0.25) is 5.91 Å². The second kappa shape index (κ2) is 7.25. The predicted molar refractivity (Wildman–Crippen MR) is 73.8 cm³/mol. The zero-order chi connectivity index (χ0) is 13.7. The fraction of sp³-hybridized carbons (Fsp3) is 0.933. The first-order valence-electron chi connectivity index (χ1n) is 7.73. The number of aliphatic hydroxyl groups is 1. The Kier molecular flexibility index (Phi) is 5.64. The standard InChI is InChI=1S/C15H27NO3/c1-11-2-7-14(19-11)8-9-15(18)16-13-5-3-12(10-17)4-6-13/h11-14,17H,2-10H2,1H3,(H,16,18). The fourth-order valence-corrected chi connectivity index (χ4v) is 3.18. The average Bonchev–Trinajstić information content (AvgIpc) is 2.83. The summed E-state index contributed by atoms with van der Waals surface area (Å²) in [7, 11) is 0. The molecule has 4 nitrogen and oxygen atoms in total. The molecule has 1 saturated heterocycles. The van der Waals surface area contributed by atoms with Crippen LogP contribution < -0.4 is 5.32 Å². The van der Waals surface area contributed by atoms with Crippen molar-refractivity contribution in [1.29, 1.82) is 0 Å². The average molecular weight is 269 g/mol. The van der Waals surface area contributed by atoms with Crippen molar-refractivity contribution in [3.8, 4) is 0 Å². The van der Waals surface area contributed by atoms with Crippen molar-refractivity contribution < 1.29 is 14.6 Å². The van der Waals surface area contributed by atoms with Crippen molar-refractivity contribution in [3.63, 3.8) is 0 Å². The molecule has 1 amide bonds. The number of nitrogens with one attached hydrogen (secondary N) is 1. The molecule has 0 bridgehead atoms. The smallest absolute Gasteiger partial charge is 0.220 e. The highest BCUT2D eigenvalue weighted by Crippen LogP contribution is 2.25. The Bertz CT molecular complexity index is 287. The minimum atomic E-state index is 0.163. The van der Waals surface area contributed by atoms with Gasteiger partial charge in [0.15, 0.2) is 0 Å². The van der Waals surface area contributed by atoms with E-state index in [1.165, 1.54) is 0 Å². The summed E-state index contributed by atoms with van der Waals surface area (Å²) < 4.78 is 5.72. The van der Waals surface area contributed by atoms with Crippen molar-refractivity contribution >= 4 is 5.91 Å². The van der Waals surface area contributed by atoms with E-state index in [1.807, 2.05) is 0 Å². The van der Waals surface area contributed by atoms with E-state index in [0.29, 0.717) is 24.5 Å². The topological polar surface area (TPSA) is 58.6 Å². The van der Waals surface area contributed by atoms with Gasteiger partial charge >= 0.3 is 0 Å². The van der Waals surface area contributed by atoms with Crippen LogP contribution in [0.2, 0.25) is 0 Å². The summed E-state index contributed by atoms with van der Waals surface area (Å²) in [6, 6.07) is 0.318. The molecule has 4 heteroatoms. The Hall–Kier alpha value is -0.610. The third-order valence-corrected chi connectivity index (χ3v) is 4.48. The van der Waals surface area contributed by atoms with E-state index in [9.17, 15) is 4.79 Å². The molecule has 1 heterocycles. The molecule has 0 aromatic carbocycles. The predicted octanol–water partition coefficient (Wildman–Crippen LogP) is 2.00. The van der Waals surface area contributed by atoms with Crippen LogP contribution in [0.3, 0.4) is 0 Å². The lowest BCUT2D eigenvalue weighted by molar-refractivity contribution is -0.122. The van der Waals surface area contributed by atoms with Gasteiger partial charge in [0.25, 0.3) is 0 Å². The number of hydrogen-bond acceptors (Lipinski definition) is 3. The number of carbonyl (C=O) groups is 1. The van der Waals surface area contributed by atoms with E-state index in [4.69, 9.17) is 9.84 Å². The molecule has 0 aromatic rings. The lowest BCUT2D eigenvalue weighted by atomic mass is 9.86. The first-order chi connectivity index (χ1) is 9.17. The molecule has 1 aliphatic heterocycles. The van der Waals surface area contributed by atoms with E-state index in [0.717, 1.165) is 44.9 Å². The van der Waals surface area contributed by atoms with Crippen LogP contribution in [-0.2, 0) is 9.53 Å². The van der Waals surface area contributed by atoms with Crippen LogP contribution in [-0.4, -0.2) is 35.9 Å². The van der Waals surface area contributed by atoms with Crippen LogP contribution in [0.1, 0.15) is 58.3 Å². The van der Waals surface area contributed by atoms with Crippen LogP contribution in [0.15, 0.2) is 0 Å². The summed E-state index contributed by atoms with van der Waals surface area (Å²) in [5, 5.41) is 12.2. The van der Waals surface area contributed by atoms with Gasteiger partial charge in [-0.15, -0.1) is 0 Å². The minimum Gasteiger partial charge on any atom is -0.396 e. The number of ether oxygens (including phenoxy) is 1. The highest BCUT2D eigenvalue weighted by atomic mass is 16.5. The summed E-state index contributed by atoms with van der Waals surface area (Å²) in [4.78, 5) is 11.9. The number of carbonyl (C=O) groups excluding carboxylic acids is 1. The Morgan fingerprint density at radius 2 is 1.95 bits per heavy atom. The van der Waals surface area contributed by atoms with Gasteiger partial charge in [-0.3, -0.25) is 4.79 Å². The molecule has 0 aromatic heterocycles. The van der Waals surface area contributed by atoms with Crippen LogP contribution in [0, 0.1) is 5.92 Å². The van der Waals surface area contributed by atoms with E-state index in [2.05, 4.69) is 12.2 Å². The Morgan fingerprint density at radius 1 is 1.21 bits per heavy atom. The minimum absolute atomic E-state index is 0.163. The zero-order valence-corrected chi connectivity index (χ0v) is 11.9. The van der Waals surface area contributed by atoms with Crippen LogP contribution >= 0.6 is 0 Å². The molecule has 0 radical (unpaired) electrons. The van der Waals surface area contributed by atoms with Crippen LogP contribution in [0.25, 0.3) is 0 Å². The molecule has 2 atom stereocenters. The second-order valence-electron chi connectivity index (χ2n) is 6.15. The lowest BCUT2D eigenvalue weighted by Gasteiger charge is -2.28. The molecule has 2 N–H and O–H groups in total. The normalized spacial score (nSPS) is 35.3. The highest BCUT2D eigenvalue weighted by Gasteiger charge is 2.24. The Balaban J connectivity index is 1.59. The van der Waals surface area contributed by atoms with Crippen LogP contribution in [0.4, 0.5) is 0 Å². The molecule has 19 heavy (non-hydrogen) atoms. The Labute approximate surface area is 115 Å². The van der Waals surface area contributed by atoms with Gasteiger partial charge in [0.05, 0.1) is 12.2 Å². The molecule has 2 rings (SSSR count). The summed E-state index contributed by atoms with van der Waals surface area (Å²) in [5.74, 6) is 0.608. The summed E-state index contributed by atoms with van der Waals surface area (Å²) in [5.41, 5.74) is 0. The third kappa shape index (κ3) is 4.77. The highest BCUT2D eigenvalue weighted by molar-refractivity contribution is 5.76. The molecule has 1 saturated carbocycles. The first kappa shape index (κ1) is 14.8. The van der Waals surface area contributed by atoms with Gasteiger partial charge in [-0.25, -0.2) is 0 Å². The maximum Gasteiger partial charge on any atom is 0.220 e. The zero-order valence-electron chi connectivity index (χ0n) is 11.9. The van der Waals surface area contributed by atoms with E-state index < -0.39 is 0 Å². The van der Waals surface area contributed by atoms with Crippen molar-refractivity contribution in [2.75, 3.05) is 6.61 Å². The van der Waals surface area contributed by atoms with Gasteiger partial charge in [-0.1, -0.05) is 0 Å². The lowest BCUT2D eigenvalue weighted by Crippen LogP contribution is -2.38. The summed E-state index contributed by atoms with van der Waals surface area (Å²) in [6.07, 6.45) is 8.37. The molecule has 110 valence electrons. The molecular formula is C15H27NO3. The van der Waals surface area contributed by atoms with Gasteiger partial charge in [-0.05, 0) is 57.8 Å². The molecular weight excluding hydrogens is 242 g/mol. The molecule has 1 aliphatic carbocycles. The van der Waals surface area contributed by atoms with E-state index in [1.54, 1.807) is 0 Å². The van der Waals surface area contributed by atoms with Crippen molar-refractivity contribution in [3.05, 3.63) is 0 Å². The molecule has 0 spiro atoms. The molecule has 2 fully saturated rings. The maximum absolute atomic E-state index is 11.9. The van der Waals surface area contributed by atoms with Crippen molar-refractivity contribution in [1.82, 2.24) is 5.32 Å². The number of aliphatic hydroxyl groups excluding tert-OH is 1. The van der Waals surface area contributed by atoms with Gasteiger partial charge in [-0.2, -0.15) is 0 Å². The number of rotatable bonds is 5. The fourth-order valence-electron chi connectivity index (χ4n) is 3.18. The number of amides is 1. The first-order valence-corrected chi connectivity index (χ1v) is 7.73. The molecule has 2 aliphatic rings. The van der Waals surface area contributed by atoms with E-state index >= 15 is 0 Å². The Morgan fingerprint density at radius 3 is 2.53 bits per heavy atom. The SMILES string of the molecule is CC1CCC(CCC(=O)NC2CCC(CO)CC2)O1. The largest absolute Gasteiger partial charge is 0.396 e.